The Labute approximate surface area is 119 Å². The molecule has 0 aliphatic rings. The van der Waals surface area contributed by atoms with Gasteiger partial charge in [-0.25, -0.2) is 4.57 Å². The Morgan fingerprint density at radius 2 is 1.57 bits per heavy atom. The van der Waals surface area contributed by atoms with Gasteiger partial charge in [0.25, 0.3) is 0 Å². The summed E-state index contributed by atoms with van der Waals surface area (Å²) in [5.41, 5.74) is 0. The molecule has 0 heterocycles. The molecule has 0 rings (SSSR count). The van der Waals surface area contributed by atoms with Gasteiger partial charge in [-0.05, 0) is 0 Å². The van der Waals surface area contributed by atoms with Crippen molar-refractivity contribution in [2.24, 2.45) is 0 Å². The summed E-state index contributed by atoms with van der Waals surface area (Å²) in [6.07, 6.45) is 0. The van der Waals surface area contributed by atoms with Crippen LogP contribution in [0.5, 0.6) is 0 Å². The molecule has 0 saturated carbocycles. The molecule has 0 unspecified atom stereocenters. The van der Waals surface area contributed by atoms with E-state index in [1.54, 1.807) is 0 Å². The first-order chi connectivity index (χ1) is 2.00. The summed E-state index contributed by atoms with van der Waals surface area (Å²) in [5, 5.41) is 0. The van der Waals surface area contributed by atoms with Crippen LogP contribution < -0.4 is 0 Å². The van der Waals surface area contributed by atoms with Crippen LogP contribution in [0.25, 0.3) is 0 Å². The Kier molecular flexibility index (Phi) is 17.0. The maximum absolute atomic E-state index is 10.4. The zero-order chi connectivity index (χ0) is 4.50. The first kappa shape index (κ1) is 16.6. The van der Waals surface area contributed by atoms with Gasteiger partial charge in [0.05, 0.1) is 0 Å². The second kappa shape index (κ2) is 7.19. The molecule has 50 valence electrons. The molecule has 0 aliphatic carbocycles. The number of rotatable bonds is 0. The van der Waals surface area contributed by atoms with Crippen molar-refractivity contribution in [3.05, 3.63) is 0 Å². The zero-order valence-corrected chi connectivity index (χ0v) is 9.19. The first-order valence-electron chi connectivity index (χ1n) is 0.752. The Balaban J connectivity index is -0.0000000133. The molecule has 7 heteroatoms. The molecule has 0 amide bonds. The summed E-state index contributed by atoms with van der Waals surface area (Å²) in [7, 11) is -5.14. The van der Waals surface area contributed by atoms with Crippen LogP contribution >= 0.6 is 7.91 Å². The summed E-state index contributed by atoms with van der Waals surface area (Å²) in [6, 6.07) is 0. The molecule has 0 fully saturated rings. The minimum absolute atomic E-state index is 0. The van der Waals surface area contributed by atoms with Crippen molar-refractivity contribution >= 4 is 53.4 Å². The van der Waals surface area contributed by atoms with Crippen LogP contribution in [-0.2, 0) is 4.57 Å². The molecule has 0 spiro atoms. The van der Waals surface area contributed by atoms with Gasteiger partial charge in [0, 0.05) is 46.9 Å². The minimum Gasteiger partial charge on any atom is -1.00 e. The van der Waals surface area contributed by atoms with E-state index >= 15 is 0 Å². The van der Waals surface area contributed by atoms with Crippen molar-refractivity contribution in [3.8, 4) is 0 Å². The van der Waals surface area contributed by atoms with E-state index in [4.69, 9.17) is 14.4 Å². The third kappa shape index (κ3) is 48.0. The van der Waals surface area contributed by atoms with Crippen molar-refractivity contribution in [1.82, 2.24) is 0 Å². The standard InChI is InChI=1S/FH2O3P.Sr.Yb.2H/c1-5(2,3)4;;;;/h(H2,2,3,4);;;;/q;+2;;2*-1. The molecular weight excluding hydrogens is 359 g/mol. The summed E-state index contributed by atoms with van der Waals surface area (Å²) in [6.45, 7) is 0. The Bertz CT molecular complexity index is 67.9. The maximum Gasteiger partial charge on any atom is 2.00 e. The third-order valence-corrected chi connectivity index (χ3v) is 0. The molecule has 0 aliphatic heterocycles. The van der Waals surface area contributed by atoms with Crippen LogP contribution in [0.15, 0.2) is 0 Å². The molecule has 0 aromatic rings. The SMILES string of the molecule is O=P(O)(O)F.[H-].[H-].[Sr+2].[Yb]. The fraction of sp³-hybridized carbons (Fsp3) is 0. The van der Waals surface area contributed by atoms with Crippen molar-refractivity contribution in [2.45, 2.75) is 0 Å². The Hall–Kier alpha value is 3.08. The third-order valence-electron chi connectivity index (χ3n) is 0. The zero-order valence-electron chi connectivity index (χ0n) is 5.10. The van der Waals surface area contributed by atoms with Crippen LogP contribution in [0.4, 0.5) is 4.20 Å². The van der Waals surface area contributed by atoms with Gasteiger partial charge in [-0.1, -0.05) is 0 Å². The van der Waals surface area contributed by atoms with Crippen LogP contribution in [-0.4, -0.2) is 55.3 Å². The fourth-order valence-electron chi connectivity index (χ4n) is 0. The monoisotopic (exact) mass is 364 g/mol. The van der Waals surface area contributed by atoms with Gasteiger partial charge in [0.15, 0.2) is 0 Å². The quantitative estimate of drug-likeness (QED) is 0.467. The van der Waals surface area contributed by atoms with Crippen LogP contribution in [0.2, 0.25) is 0 Å². The van der Waals surface area contributed by atoms with E-state index in [2.05, 4.69) is 0 Å². The van der Waals surface area contributed by atoms with E-state index in [0.717, 1.165) is 0 Å². The average Bonchev–Trinajstić information content (AvgIpc) is 0.722. The Morgan fingerprint density at radius 3 is 1.57 bits per heavy atom. The number of hydrogen-bond acceptors (Lipinski definition) is 1. The largest absolute Gasteiger partial charge is 2.00 e. The van der Waals surface area contributed by atoms with Crippen molar-refractivity contribution in [3.63, 3.8) is 0 Å². The van der Waals surface area contributed by atoms with Gasteiger partial charge in [-0.3, -0.25) is 9.79 Å². The van der Waals surface area contributed by atoms with E-state index in [9.17, 15) is 4.20 Å². The molecule has 0 saturated heterocycles. The summed E-state index contributed by atoms with van der Waals surface area (Å²) >= 11 is 0. The molecule has 0 aromatic carbocycles. The molecule has 0 aromatic heterocycles. The van der Waals surface area contributed by atoms with Gasteiger partial charge in [-0.2, -0.15) is 0 Å². The predicted molar refractivity (Wildman–Crippen MR) is 21.1 cm³/mol. The van der Waals surface area contributed by atoms with Crippen molar-refractivity contribution < 1.29 is 68.3 Å². The molecule has 2 N–H and O–H groups in total. The number of hydrogen-bond donors (Lipinski definition) is 2. The van der Waals surface area contributed by atoms with E-state index in [0.29, 0.717) is 0 Å². The van der Waals surface area contributed by atoms with E-state index in [1.807, 2.05) is 0 Å². The predicted octanol–water partition coefficient (Wildman–Crippen LogP) is -0.107. The smallest absolute Gasteiger partial charge is 1.00 e. The Morgan fingerprint density at radius 1 is 1.57 bits per heavy atom. The second-order valence-corrected chi connectivity index (χ2v) is 1.42. The second-order valence-electron chi connectivity index (χ2n) is 0.473. The topological polar surface area (TPSA) is 57.5 Å². The van der Waals surface area contributed by atoms with Gasteiger partial charge in [-0.15, -0.1) is 4.20 Å². The molecule has 7 heavy (non-hydrogen) atoms. The van der Waals surface area contributed by atoms with Gasteiger partial charge in [0.2, 0.25) is 0 Å². The summed E-state index contributed by atoms with van der Waals surface area (Å²) < 4.78 is 19.0. The molecule has 0 bridgehead atoms. The minimum atomic E-state index is -5.14. The average molecular weight is 363 g/mol. The molecule has 0 atom stereocenters. The van der Waals surface area contributed by atoms with E-state index in [1.165, 1.54) is 0 Å². The fourth-order valence-corrected chi connectivity index (χ4v) is 0. The summed E-state index contributed by atoms with van der Waals surface area (Å²) in [4.78, 5) is 13.9. The van der Waals surface area contributed by atoms with Crippen LogP contribution in [0.3, 0.4) is 0 Å². The molecular formula is H4FO3PSrYb. The van der Waals surface area contributed by atoms with Gasteiger partial charge in [0.1, 0.15) is 0 Å². The maximum atomic E-state index is 10.4. The first-order valence-corrected chi connectivity index (χ1v) is 2.25. The van der Waals surface area contributed by atoms with Gasteiger partial charge < -0.3 is 2.85 Å². The van der Waals surface area contributed by atoms with E-state index < -0.39 is 7.91 Å². The normalized spacial score (nSPS) is 8.43. The van der Waals surface area contributed by atoms with Crippen LogP contribution in [0, 0.1) is 46.9 Å². The van der Waals surface area contributed by atoms with Crippen molar-refractivity contribution in [1.29, 1.82) is 0 Å². The molecule has 3 nitrogen and oxygen atoms in total. The molecule has 0 radical (unpaired) electrons. The number of halogens is 1. The van der Waals surface area contributed by atoms with Crippen LogP contribution in [0.1, 0.15) is 2.85 Å². The summed E-state index contributed by atoms with van der Waals surface area (Å²) in [5.74, 6) is 0. The van der Waals surface area contributed by atoms with E-state index in [-0.39, 0.29) is 95.3 Å². The van der Waals surface area contributed by atoms with Crippen molar-refractivity contribution in [2.75, 3.05) is 0 Å². The van der Waals surface area contributed by atoms with Gasteiger partial charge >= 0.3 is 53.4 Å².